The average molecular weight is 486 g/mol. The van der Waals surface area contributed by atoms with Gasteiger partial charge in [0.15, 0.2) is 0 Å². The molecule has 198 valence electrons. The molecule has 1 aliphatic heterocycles. The molecule has 4 saturated carbocycles. The highest BCUT2D eigenvalue weighted by Gasteiger charge is 2.60. The number of carbonyl (C=O) groups is 1. The van der Waals surface area contributed by atoms with Crippen molar-refractivity contribution in [3.8, 4) is 0 Å². The zero-order valence-electron chi connectivity index (χ0n) is 22.9. The van der Waals surface area contributed by atoms with Crippen LogP contribution in [0.2, 0.25) is 0 Å². The maximum absolute atomic E-state index is 13.0. The van der Waals surface area contributed by atoms with E-state index in [1.807, 2.05) is 11.8 Å². The lowest BCUT2D eigenvalue weighted by molar-refractivity contribution is -0.134. The molecule has 0 aromatic carbocycles. The zero-order valence-corrected chi connectivity index (χ0v) is 22.9. The van der Waals surface area contributed by atoms with Crippen LogP contribution < -0.4 is 0 Å². The van der Waals surface area contributed by atoms with E-state index in [-0.39, 0.29) is 6.10 Å². The van der Waals surface area contributed by atoms with Crippen molar-refractivity contribution in [1.82, 2.24) is 9.80 Å². The normalized spacial score (nSPS) is 44.3. The van der Waals surface area contributed by atoms with Gasteiger partial charge in [-0.1, -0.05) is 20.8 Å². The Kier molecular flexibility index (Phi) is 7.04. The first-order valence-corrected chi connectivity index (χ1v) is 14.9. The number of piperazine rings is 1. The van der Waals surface area contributed by atoms with Crippen molar-refractivity contribution in [2.24, 2.45) is 46.3 Å². The molecule has 1 amide bonds. The van der Waals surface area contributed by atoms with Crippen LogP contribution in [-0.2, 0) is 4.79 Å². The van der Waals surface area contributed by atoms with E-state index in [0.29, 0.717) is 34.9 Å². The second-order valence-corrected chi connectivity index (χ2v) is 13.8. The van der Waals surface area contributed by atoms with Crippen molar-refractivity contribution in [1.29, 1.82) is 5.41 Å². The van der Waals surface area contributed by atoms with Gasteiger partial charge < -0.3 is 14.9 Å². The molecule has 4 aliphatic carbocycles. The van der Waals surface area contributed by atoms with E-state index in [1.165, 1.54) is 44.9 Å². The zero-order chi connectivity index (χ0) is 25.0. The fourth-order valence-electron chi connectivity index (χ4n) is 10.2. The van der Waals surface area contributed by atoms with Gasteiger partial charge in [-0.15, -0.1) is 0 Å². The van der Waals surface area contributed by atoms with E-state index in [0.717, 1.165) is 75.0 Å². The van der Waals surface area contributed by atoms with Crippen LogP contribution in [0.25, 0.3) is 0 Å². The van der Waals surface area contributed by atoms with Crippen molar-refractivity contribution < 1.29 is 9.90 Å². The fourth-order valence-corrected chi connectivity index (χ4v) is 10.2. The van der Waals surface area contributed by atoms with Gasteiger partial charge in [0.1, 0.15) is 0 Å². The SMILES string of the molecule is CC(=N)N1CCN(C(=O)CCC(C)[C@H]2CC[C@H]3[C@@H]4CCC5C[C@@H](O)CC[C@]5(C)[C@H]4CC[C@]23C)CC1. The van der Waals surface area contributed by atoms with Gasteiger partial charge in [-0.3, -0.25) is 10.2 Å². The van der Waals surface area contributed by atoms with Crippen LogP contribution in [0.4, 0.5) is 0 Å². The van der Waals surface area contributed by atoms with Gasteiger partial charge in [-0.05, 0) is 117 Å². The van der Waals surface area contributed by atoms with Crippen LogP contribution in [-0.4, -0.2) is 58.9 Å². The lowest BCUT2D eigenvalue weighted by atomic mass is 9.44. The molecule has 0 radical (unpaired) electrons. The van der Waals surface area contributed by atoms with E-state index in [2.05, 4.69) is 25.7 Å². The third kappa shape index (κ3) is 4.46. The number of hydrogen-bond acceptors (Lipinski definition) is 3. The second kappa shape index (κ2) is 9.65. The molecule has 35 heavy (non-hydrogen) atoms. The molecule has 5 rings (SSSR count). The largest absolute Gasteiger partial charge is 0.393 e. The molecular weight excluding hydrogens is 434 g/mol. The Balaban J connectivity index is 1.18. The predicted molar refractivity (Wildman–Crippen MR) is 141 cm³/mol. The van der Waals surface area contributed by atoms with E-state index in [1.54, 1.807) is 0 Å². The number of hydrogen-bond donors (Lipinski definition) is 2. The van der Waals surface area contributed by atoms with Gasteiger partial charge in [0.05, 0.1) is 11.9 Å². The van der Waals surface area contributed by atoms with Gasteiger partial charge in [0, 0.05) is 32.6 Å². The standard InChI is InChI=1S/C30H51N3O2/c1-20(5-10-28(35)33-17-15-32(16-18-33)21(2)31)25-8-9-26-24-7-6-22-19-23(34)11-13-29(22,3)27(24)12-14-30(25,26)4/h20,22-27,31,34H,5-19H2,1-4H3/t20?,22?,23-,24-,25+,26-,27-,29-,30+/m0/s1. The number of aliphatic hydroxyl groups is 1. The Morgan fingerprint density at radius 1 is 0.943 bits per heavy atom. The number of fused-ring (bicyclic) bond motifs is 5. The minimum Gasteiger partial charge on any atom is -0.393 e. The number of amidine groups is 1. The van der Waals surface area contributed by atoms with E-state index >= 15 is 0 Å². The van der Waals surface area contributed by atoms with Crippen LogP contribution in [0.1, 0.15) is 98.3 Å². The molecule has 5 aliphatic rings. The molecule has 9 atom stereocenters. The Labute approximate surface area is 213 Å². The summed E-state index contributed by atoms with van der Waals surface area (Å²) in [4.78, 5) is 17.1. The molecule has 0 bridgehead atoms. The Morgan fingerprint density at radius 3 is 2.31 bits per heavy atom. The summed E-state index contributed by atoms with van der Waals surface area (Å²) >= 11 is 0. The number of nitrogens with zero attached hydrogens (tertiary/aromatic N) is 2. The van der Waals surface area contributed by atoms with Gasteiger partial charge in [-0.25, -0.2) is 0 Å². The highest BCUT2D eigenvalue weighted by atomic mass is 16.3. The number of aliphatic hydroxyl groups excluding tert-OH is 1. The first-order valence-electron chi connectivity index (χ1n) is 14.9. The molecule has 1 saturated heterocycles. The lowest BCUT2D eigenvalue weighted by Gasteiger charge is -2.61. The molecule has 5 nitrogen and oxygen atoms in total. The van der Waals surface area contributed by atoms with E-state index in [4.69, 9.17) is 5.41 Å². The van der Waals surface area contributed by atoms with Crippen LogP contribution in [0.3, 0.4) is 0 Å². The van der Waals surface area contributed by atoms with Crippen molar-refractivity contribution in [2.45, 2.75) is 104 Å². The van der Waals surface area contributed by atoms with E-state index < -0.39 is 0 Å². The molecule has 0 aromatic rings. The highest BCUT2D eigenvalue weighted by molar-refractivity contribution is 5.78. The van der Waals surface area contributed by atoms with Crippen LogP contribution >= 0.6 is 0 Å². The first kappa shape index (κ1) is 25.5. The quantitative estimate of drug-likeness (QED) is 0.404. The van der Waals surface area contributed by atoms with Crippen LogP contribution in [0.5, 0.6) is 0 Å². The Bertz CT molecular complexity index is 807. The minimum atomic E-state index is -0.0538. The monoisotopic (exact) mass is 485 g/mol. The molecular formula is C30H51N3O2. The summed E-state index contributed by atoms with van der Waals surface area (Å²) in [5.74, 6) is 5.68. The molecule has 5 fully saturated rings. The number of rotatable bonds is 4. The predicted octanol–water partition coefficient (Wildman–Crippen LogP) is 5.56. The number of amides is 1. The summed E-state index contributed by atoms with van der Waals surface area (Å²) < 4.78 is 0. The van der Waals surface area contributed by atoms with Gasteiger partial charge in [0.25, 0.3) is 0 Å². The third-order valence-corrected chi connectivity index (χ3v) is 12.3. The summed E-state index contributed by atoms with van der Waals surface area (Å²) in [5, 5.41) is 18.1. The topological polar surface area (TPSA) is 67.6 Å². The Hall–Kier alpha value is -1.10. The van der Waals surface area contributed by atoms with Crippen molar-refractivity contribution in [2.75, 3.05) is 26.2 Å². The van der Waals surface area contributed by atoms with Crippen molar-refractivity contribution in [3.63, 3.8) is 0 Å². The first-order chi connectivity index (χ1) is 16.6. The van der Waals surface area contributed by atoms with Crippen LogP contribution in [0, 0.1) is 51.7 Å². The molecule has 2 unspecified atom stereocenters. The molecule has 5 heteroatoms. The maximum Gasteiger partial charge on any atom is 0.222 e. The van der Waals surface area contributed by atoms with Gasteiger partial charge in [-0.2, -0.15) is 0 Å². The minimum absolute atomic E-state index is 0.0538. The molecule has 0 aromatic heterocycles. The van der Waals surface area contributed by atoms with Gasteiger partial charge in [0.2, 0.25) is 5.91 Å². The van der Waals surface area contributed by atoms with Crippen LogP contribution in [0.15, 0.2) is 0 Å². The Morgan fingerprint density at radius 2 is 1.60 bits per heavy atom. The lowest BCUT2D eigenvalue weighted by Crippen LogP contribution is -2.54. The van der Waals surface area contributed by atoms with E-state index in [9.17, 15) is 9.90 Å². The maximum atomic E-state index is 13.0. The summed E-state index contributed by atoms with van der Waals surface area (Å²) in [6, 6.07) is 0. The van der Waals surface area contributed by atoms with Crippen molar-refractivity contribution in [3.05, 3.63) is 0 Å². The molecule has 0 spiro atoms. The number of carbonyl (C=O) groups excluding carboxylic acids is 1. The summed E-state index contributed by atoms with van der Waals surface area (Å²) in [7, 11) is 0. The second-order valence-electron chi connectivity index (χ2n) is 13.8. The summed E-state index contributed by atoms with van der Waals surface area (Å²) in [5.41, 5.74) is 0.911. The number of nitrogens with one attached hydrogen (secondary N) is 1. The van der Waals surface area contributed by atoms with Gasteiger partial charge >= 0.3 is 0 Å². The molecule has 1 heterocycles. The van der Waals surface area contributed by atoms with Crippen molar-refractivity contribution >= 4 is 11.7 Å². The third-order valence-electron chi connectivity index (χ3n) is 12.3. The fraction of sp³-hybridized carbons (Fsp3) is 0.933. The smallest absolute Gasteiger partial charge is 0.222 e. The summed E-state index contributed by atoms with van der Waals surface area (Å²) in [6.45, 7) is 12.6. The summed E-state index contributed by atoms with van der Waals surface area (Å²) in [6.07, 6.45) is 13.2. The average Bonchev–Trinajstić information content (AvgIpc) is 3.20. The highest BCUT2D eigenvalue weighted by Crippen LogP contribution is 2.68. The molecule has 2 N–H and O–H groups in total.